The standard InChI is InChI=1S/C19H23N5O2/c1-12-8-19(11-21-10-12,24-18(25)13(2)26-3)15-5-4-14(9-20)16-17(15)23-7-6-22-16/h4-7,12-13,21H,8,10-11H2,1-3H3,(H,24,25)/t12-,13+,19-/m0/s1. The van der Waals surface area contributed by atoms with Crippen molar-refractivity contribution in [3.8, 4) is 6.07 Å². The van der Waals surface area contributed by atoms with Gasteiger partial charge in [-0.1, -0.05) is 13.0 Å². The van der Waals surface area contributed by atoms with E-state index in [-0.39, 0.29) is 5.91 Å². The van der Waals surface area contributed by atoms with Gasteiger partial charge in [0.2, 0.25) is 5.91 Å². The first-order valence-electron chi connectivity index (χ1n) is 8.70. The van der Waals surface area contributed by atoms with E-state index in [9.17, 15) is 10.1 Å². The second-order valence-electron chi connectivity index (χ2n) is 6.92. The molecular weight excluding hydrogens is 330 g/mol. The highest BCUT2D eigenvalue weighted by Crippen LogP contribution is 2.35. The molecule has 1 aliphatic rings. The van der Waals surface area contributed by atoms with E-state index in [1.165, 1.54) is 7.11 Å². The van der Waals surface area contributed by atoms with Gasteiger partial charge in [-0.2, -0.15) is 5.26 Å². The van der Waals surface area contributed by atoms with Gasteiger partial charge in [-0.15, -0.1) is 0 Å². The second-order valence-corrected chi connectivity index (χ2v) is 6.92. The van der Waals surface area contributed by atoms with E-state index >= 15 is 0 Å². The van der Waals surface area contributed by atoms with E-state index in [2.05, 4.69) is 33.6 Å². The number of carbonyl (C=O) groups is 1. The van der Waals surface area contributed by atoms with Gasteiger partial charge in [0.25, 0.3) is 0 Å². The first kappa shape index (κ1) is 18.2. The molecule has 2 aromatic rings. The summed E-state index contributed by atoms with van der Waals surface area (Å²) in [7, 11) is 1.52. The number of hydrogen-bond donors (Lipinski definition) is 2. The molecule has 1 aromatic heterocycles. The van der Waals surface area contributed by atoms with Gasteiger partial charge in [-0.25, -0.2) is 0 Å². The van der Waals surface area contributed by atoms with E-state index in [0.29, 0.717) is 29.1 Å². The number of nitrogens with zero attached hydrogens (tertiary/aromatic N) is 3. The molecule has 1 saturated heterocycles. The van der Waals surface area contributed by atoms with Crippen molar-refractivity contribution in [1.82, 2.24) is 20.6 Å². The Morgan fingerprint density at radius 3 is 2.81 bits per heavy atom. The number of aromatic nitrogens is 2. The second kappa shape index (κ2) is 7.36. The summed E-state index contributed by atoms with van der Waals surface area (Å²) in [5, 5.41) is 16.0. The Bertz CT molecular complexity index is 863. The van der Waals surface area contributed by atoms with Crippen LogP contribution in [0, 0.1) is 17.2 Å². The SMILES string of the molecule is CO[C@H](C)C(=O)N[C@]1(c2ccc(C#N)c3nccnc23)CNC[C@@H](C)C1. The number of hydrogen-bond acceptors (Lipinski definition) is 6. The molecule has 0 saturated carbocycles. The van der Waals surface area contributed by atoms with Crippen molar-refractivity contribution < 1.29 is 9.53 Å². The Morgan fingerprint density at radius 1 is 1.42 bits per heavy atom. The van der Waals surface area contributed by atoms with Crippen LogP contribution in [0.3, 0.4) is 0 Å². The largest absolute Gasteiger partial charge is 0.372 e. The van der Waals surface area contributed by atoms with E-state index in [1.54, 1.807) is 25.4 Å². The molecule has 3 atom stereocenters. The van der Waals surface area contributed by atoms with Crippen LogP contribution in [-0.2, 0) is 15.1 Å². The van der Waals surface area contributed by atoms with Crippen molar-refractivity contribution in [1.29, 1.82) is 5.26 Å². The van der Waals surface area contributed by atoms with Crippen LogP contribution in [-0.4, -0.2) is 42.2 Å². The van der Waals surface area contributed by atoms with Gasteiger partial charge in [-0.05, 0) is 31.9 Å². The zero-order valence-electron chi connectivity index (χ0n) is 15.2. The minimum Gasteiger partial charge on any atom is -0.372 e. The molecule has 0 bridgehead atoms. The highest BCUT2D eigenvalue weighted by Gasteiger charge is 2.40. The monoisotopic (exact) mass is 353 g/mol. The number of benzene rings is 1. The maximum absolute atomic E-state index is 12.6. The van der Waals surface area contributed by atoms with Gasteiger partial charge in [0.1, 0.15) is 17.7 Å². The molecule has 7 heteroatoms. The lowest BCUT2D eigenvalue weighted by Gasteiger charge is -2.42. The van der Waals surface area contributed by atoms with E-state index < -0.39 is 11.6 Å². The van der Waals surface area contributed by atoms with Crippen molar-refractivity contribution in [2.45, 2.75) is 31.9 Å². The molecular formula is C19H23N5O2. The molecule has 0 spiro atoms. The lowest BCUT2D eigenvalue weighted by molar-refractivity contribution is -0.132. The Kier molecular flexibility index (Phi) is 5.16. The fourth-order valence-electron chi connectivity index (χ4n) is 3.62. The van der Waals surface area contributed by atoms with Crippen LogP contribution in [0.25, 0.3) is 11.0 Å². The van der Waals surface area contributed by atoms with Crippen LogP contribution in [0.1, 0.15) is 31.4 Å². The fourth-order valence-corrected chi connectivity index (χ4v) is 3.62. The van der Waals surface area contributed by atoms with Crippen LogP contribution < -0.4 is 10.6 Å². The van der Waals surface area contributed by atoms with Crippen molar-refractivity contribution in [3.05, 3.63) is 35.7 Å². The fraction of sp³-hybridized carbons (Fsp3) is 0.474. The Hall–Kier alpha value is -2.56. The molecule has 3 rings (SSSR count). The number of ether oxygens (including phenoxy) is 1. The molecule has 1 aliphatic heterocycles. The molecule has 1 aromatic carbocycles. The summed E-state index contributed by atoms with van der Waals surface area (Å²) in [6.45, 7) is 5.33. The quantitative estimate of drug-likeness (QED) is 0.863. The van der Waals surface area contributed by atoms with Crippen LogP contribution in [0.5, 0.6) is 0 Å². The van der Waals surface area contributed by atoms with E-state index in [0.717, 1.165) is 18.5 Å². The average Bonchev–Trinajstić information content (AvgIpc) is 2.66. The van der Waals surface area contributed by atoms with Crippen LogP contribution in [0.4, 0.5) is 0 Å². The predicted molar refractivity (Wildman–Crippen MR) is 97.2 cm³/mol. The number of piperidine rings is 1. The molecule has 136 valence electrons. The summed E-state index contributed by atoms with van der Waals surface area (Å²) >= 11 is 0. The third-order valence-electron chi connectivity index (χ3n) is 4.96. The van der Waals surface area contributed by atoms with Gasteiger partial charge in [0, 0.05) is 31.6 Å². The first-order chi connectivity index (χ1) is 12.5. The molecule has 7 nitrogen and oxygen atoms in total. The van der Waals surface area contributed by atoms with Crippen molar-refractivity contribution >= 4 is 16.9 Å². The van der Waals surface area contributed by atoms with Gasteiger partial charge in [-0.3, -0.25) is 14.8 Å². The zero-order valence-corrected chi connectivity index (χ0v) is 15.2. The van der Waals surface area contributed by atoms with Gasteiger partial charge in [0.05, 0.1) is 16.6 Å². The Morgan fingerprint density at radius 2 is 2.15 bits per heavy atom. The summed E-state index contributed by atoms with van der Waals surface area (Å²) in [4.78, 5) is 21.5. The maximum atomic E-state index is 12.6. The molecule has 1 amide bonds. The lowest BCUT2D eigenvalue weighted by Crippen LogP contribution is -2.59. The smallest absolute Gasteiger partial charge is 0.249 e. The summed E-state index contributed by atoms with van der Waals surface area (Å²) in [5.41, 5.74) is 1.91. The first-order valence-corrected chi connectivity index (χ1v) is 8.70. The average molecular weight is 353 g/mol. The van der Waals surface area contributed by atoms with Crippen molar-refractivity contribution in [2.75, 3.05) is 20.2 Å². The zero-order chi connectivity index (χ0) is 18.7. The maximum Gasteiger partial charge on any atom is 0.249 e. The summed E-state index contributed by atoms with van der Waals surface area (Å²) in [6, 6.07) is 5.80. The summed E-state index contributed by atoms with van der Waals surface area (Å²) < 4.78 is 5.18. The normalized spacial score (nSPS) is 24.0. The van der Waals surface area contributed by atoms with Crippen molar-refractivity contribution in [2.24, 2.45) is 5.92 Å². The third-order valence-corrected chi connectivity index (χ3v) is 4.96. The minimum atomic E-state index is -0.635. The number of nitrogens with one attached hydrogen (secondary N) is 2. The van der Waals surface area contributed by atoms with E-state index in [1.807, 2.05) is 6.07 Å². The number of amides is 1. The van der Waals surface area contributed by atoms with Gasteiger partial charge in [0.15, 0.2) is 0 Å². The number of carbonyl (C=O) groups excluding carboxylic acids is 1. The lowest BCUT2D eigenvalue weighted by atomic mass is 9.78. The number of rotatable bonds is 4. The molecule has 26 heavy (non-hydrogen) atoms. The number of nitriles is 1. The molecule has 0 unspecified atom stereocenters. The van der Waals surface area contributed by atoms with Crippen LogP contribution in [0.2, 0.25) is 0 Å². The summed E-state index contributed by atoms with van der Waals surface area (Å²) in [5.74, 6) is 0.189. The molecule has 0 aliphatic carbocycles. The van der Waals surface area contributed by atoms with Crippen molar-refractivity contribution in [3.63, 3.8) is 0 Å². The molecule has 2 N–H and O–H groups in total. The predicted octanol–water partition coefficient (Wildman–Crippen LogP) is 1.48. The minimum absolute atomic E-state index is 0.176. The van der Waals surface area contributed by atoms with Gasteiger partial charge < -0.3 is 15.4 Å². The van der Waals surface area contributed by atoms with Crippen LogP contribution >= 0.6 is 0 Å². The molecule has 0 radical (unpaired) electrons. The number of fused-ring (bicyclic) bond motifs is 1. The van der Waals surface area contributed by atoms with Gasteiger partial charge >= 0.3 is 0 Å². The van der Waals surface area contributed by atoms with Crippen LogP contribution in [0.15, 0.2) is 24.5 Å². The Balaban J connectivity index is 2.15. The topological polar surface area (TPSA) is 99.9 Å². The highest BCUT2D eigenvalue weighted by atomic mass is 16.5. The molecule has 1 fully saturated rings. The highest BCUT2D eigenvalue weighted by molar-refractivity contribution is 5.86. The van der Waals surface area contributed by atoms with E-state index in [4.69, 9.17) is 4.74 Å². The third kappa shape index (κ3) is 3.26. The summed E-state index contributed by atoms with van der Waals surface area (Å²) in [6.07, 6.45) is 3.40. The Labute approximate surface area is 152 Å². The molecule has 2 heterocycles. The number of methoxy groups -OCH3 is 1.